The van der Waals surface area contributed by atoms with Crippen molar-refractivity contribution in [1.29, 1.82) is 0 Å². The third-order valence-corrected chi connectivity index (χ3v) is 5.55. The minimum atomic E-state index is -0.597. The molecule has 0 amide bonds. The maximum Gasteiger partial charge on any atom is 0.127 e. The molecule has 0 fully saturated rings. The summed E-state index contributed by atoms with van der Waals surface area (Å²) >= 11 is 0. The van der Waals surface area contributed by atoms with Crippen molar-refractivity contribution >= 4 is 33.4 Å². The van der Waals surface area contributed by atoms with E-state index in [1.165, 1.54) is 0 Å². The normalized spacial score (nSPS) is 12.6. The average Bonchev–Trinajstić information content (AvgIpc) is 2.88. The number of anilines is 1. The Morgan fingerprint density at radius 2 is 1.74 bits per heavy atom. The smallest absolute Gasteiger partial charge is 0.127 e. The number of aliphatic hydroxyl groups is 1. The number of fused-ring (bicyclic) bond motifs is 2. The Balaban J connectivity index is 1.28. The maximum atomic E-state index is 10.4. The number of pyridine rings is 1. The molecule has 34 heavy (non-hydrogen) atoms. The van der Waals surface area contributed by atoms with Gasteiger partial charge in [-0.2, -0.15) is 0 Å². The fourth-order valence-corrected chi connectivity index (χ4v) is 3.86. The monoisotopic (exact) mass is 453 g/mol. The number of allylic oxidation sites excluding steroid dienone is 3. The number of nitrogens with zero attached hydrogens (tertiary/aromatic N) is 1. The lowest BCUT2D eigenvalue weighted by Crippen LogP contribution is -2.34. The van der Waals surface area contributed by atoms with E-state index >= 15 is 0 Å². The summed E-state index contributed by atoms with van der Waals surface area (Å²) in [5.41, 5.74) is 3.07. The van der Waals surface area contributed by atoms with E-state index in [2.05, 4.69) is 39.9 Å². The molecule has 1 heterocycles. The van der Waals surface area contributed by atoms with Crippen LogP contribution in [0.25, 0.3) is 27.8 Å². The molecule has 3 N–H and O–H groups in total. The van der Waals surface area contributed by atoms with Crippen molar-refractivity contribution in [3.63, 3.8) is 0 Å². The van der Waals surface area contributed by atoms with Gasteiger partial charge in [-0.1, -0.05) is 78.9 Å². The van der Waals surface area contributed by atoms with Crippen molar-refractivity contribution < 1.29 is 9.84 Å². The summed E-state index contributed by atoms with van der Waals surface area (Å²) in [6.07, 6.45) is 9.37. The van der Waals surface area contributed by atoms with Gasteiger partial charge in [-0.25, -0.2) is 0 Å². The summed E-state index contributed by atoms with van der Waals surface area (Å²) in [6.45, 7) is 4.12. The van der Waals surface area contributed by atoms with E-state index in [0.717, 1.165) is 45.2 Å². The summed E-state index contributed by atoms with van der Waals surface area (Å²) < 4.78 is 5.89. The fraction of sp³-hybridized carbons (Fsp3) is 0.207. The molecule has 4 aromatic rings. The first-order chi connectivity index (χ1) is 16.8. The van der Waals surface area contributed by atoms with Crippen molar-refractivity contribution in [3.05, 3.63) is 96.7 Å². The molecule has 0 radical (unpaired) electrons. The number of hydrogen-bond acceptors (Lipinski definition) is 5. The molecule has 0 aliphatic heterocycles. The third-order valence-electron chi connectivity index (χ3n) is 5.55. The second kappa shape index (κ2) is 12.0. The highest BCUT2D eigenvalue weighted by molar-refractivity contribution is 5.95. The van der Waals surface area contributed by atoms with Gasteiger partial charge >= 0.3 is 0 Å². The molecule has 0 aliphatic carbocycles. The molecular weight excluding hydrogens is 422 g/mol. The Labute approximate surface area is 200 Å². The Hall–Kier alpha value is -3.67. The molecule has 5 heteroatoms. The van der Waals surface area contributed by atoms with Gasteiger partial charge in [0.25, 0.3) is 0 Å². The first kappa shape index (κ1) is 23.5. The van der Waals surface area contributed by atoms with Crippen LogP contribution in [-0.2, 0) is 0 Å². The van der Waals surface area contributed by atoms with Crippen LogP contribution in [0.3, 0.4) is 0 Å². The number of para-hydroxylation sites is 1. The molecule has 0 aliphatic rings. The van der Waals surface area contributed by atoms with Crippen molar-refractivity contribution in [2.24, 2.45) is 0 Å². The molecule has 0 saturated heterocycles. The lowest BCUT2D eigenvalue weighted by molar-refractivity contribution is 0.107. The Morgan fingerprint density at radius 1 is 0.941 bits per heavy atom. The molecule has 0 bridgehead atoms. The number of hydrogen-bond donors (Lipinski definition) is 3. The van der Waals surface area contributed by atoms with Crippen molar-refractivity contribution in [1.82, 2.24) is 10.3 Å². The van der Waals surface area contributed by atoms with Gasteiger partial charge in [0.2, 0.25) is 0 Å². The van der Waals surface area contributed by atoms with E-state index in [1.54, 1.807) is 0 Å². The highest BCUT2D eigenvalue weighted by Gasteiger charge is 2.09. The van der Waals surface area contributed by atoms with Crippen LogP contribution in [0.5, 0.6) is 5.75 Å². The standard InChI is InChI=1S/C29H31N3O2/c1-2-3-4-11-23-19-32-27-15-8-7-14-26(27)29(23)31-18-17-30-20-24(33)21-34-28-16-9-12-22-10-5-6-13-25(22)28/h2-16,19,24,30,33H,17-18,20-21H2,1H3,(H,31,32)/b3-2-,11-4-. The van der Waals surface area contributed by atoms with Gasteiger partial charge in [-0.15, -0.1) is 0 Å². The first-order valence-corrected chi connectivity index (χ1v) is 11.7. The molecular formula is C29H31N3O2. The van der Waals surface area contributed by atoms with E-state index in [-0.39, 0.29) is 6.61 Å². The van der Waals surface area contributed by atoms with Gasteiger partial charge in [-0.05, 0) is 24.4 Å². The van der Waals surface area contributed by atoms with Gasteiger partial charge in [0, 0.05) is 42.2 Å². The fourth-order valence-electron chi connectivity index (χ4n) is 3.86. The van der Waals surface area contributed by atoms with E-state index in [4.69, 9.17) is 4.74 Å². The minimum Gasteiger partial charge on any atom is -0.490 e. The van der Waals surface area contributed by atoms with E-state index < -0.39 is 6.10 Å². The first-order valence-electron chi connectivity index (χ1n) is 11.7. The van der Waals surface area contributed by atoms with Crippen LogP contribution in [0.1, 0.15) is 12.5 Å². The zero-order chi connectivity index (χ0) is 23.6. The van der Waals surface area contributed by atoms with Crippen LogP contribution < -0.4 is 15.4 Å². The molecule has 1 aromatic heterocycles. The molecule has 0 spiro atoms. The Kier molecular flexibility index (Phi) is 8.27. The van der Waals surface area contributed by atoms with Crippen LogP contribution in [0.15, 0.2) is 91.2 Å². The highest BCUT2D eigenvalue weighted by atomic mass is 16.5. The van der Waals surface area contributed by atoms with Crippen LogP contribution in [-0.4, -0.2) is 42.4 Å². The second-order valence-electron chi connectivity index (χ2n) is 8.06. The molecule has 1 unspecified atom stereocenters. The third kappa shape index (κ3) is 6.01. The van der Waals surface area contributed by atoms with Crippen LogP contribution >= 0.6 is 0 Å². The van der Waals surface area contributed by atoms with E-state index in [1.807, 2.05) is 79.9 Å². The lowest BCUT2D eigenvalue weighted by Gasteiger charge is -2.16. The topological polar surface area (TPSA) is 66.4 Å². The number of ether oxygens (including phenoxy) is 1. The predicted molar refractivity (Wildman–Crippen MR) is 142 cm³/mol. The molecule has 3 aromatic carbocycles. The maximum absolute atomic E-state index is 10.4. The summed E-state index contributed by atoms with van der Waals surface area (Å²) in [5.74, 6) is 0.793. The van der Waals surface area contributed by atoms with Gasteiger partial charge < -0.3 is 20.5 Å². The molecule has 174 valence electrons. The number of nitrogens with one attached hydrogen (secondary N) is 2. The van der Waals surface area contributed by atoms with Gasteiger partial charge in [0.05, 0.1) is 11.2 Å². The van der Waals surface area contributed by atoms with Gasteiger partial charge in [0.15, 0.2) is 0 Å². The Bertz CT molecular complexity index is 1280. The summed E-state index contributed by atoms with van der Waals surface area (Å²) in [6, 6.07) is 22.2. The lowest BCUT2D eigenvalue weighted by atomic mass is 10.1. The molecule has 5 nitrogen and oxygen atoms in total. The van der Waals surface area contributed by atoms with Crippen molar-refractivity contribution in [3.8, 4) is 5.75 Å². The number of benzene rings is 3. The van der Waals surface area contributed by atoms with Crippen molar-refractivity contribution in [2.45, 2.75) is 13.0 Å². The number of aliphatic hydroxyl groups excluding tert-OH is 1. The average molecular weight is 454 g/mol. The second-order valence-corrected chi connectivity index (χ2v) is 8.06. The van der Waals surface area contributed by atoms with E-state index in [9.17, 15) is 5.11 Å². The summed E-state index contributed by atoms with van der Waals surface area (Å²) in [7, 11) is 0. The van der Waals surface area contributed by atoms with Gasteiger partial charge in [0.1, 0.15) is 18.5 Å². The molecule has 0 saturated carbocycles. The van der Waals surface area contributed by atoms with Crippen LogP contribution in [0.2, 0.25) is 0 Å². The molecule has 4 rings (SSSR count). The number of rotatable bonds is 11. The SMILES string of the molecule is C/C=C\C=C/c1cnc2ccccc2c1NCCNCC(O)COc1cccc2ccccc12. The minimum absolute atomic E-state index is 0.239. The summed E-state index contributed by atoms with van der Waals surface area (Å²) in [4.78, 5) is 4.57. The van der Waals surface area contributed by atoms with Gasteiger partial charge in [-0.3, -0.25) is 4.98 Å². The highest BCUT2D eigenvalue weighted by Crippen LogP contribution is 2.27. The van der Waals surface area contributed by atoms with Crippen LogP contribution in [0, 0.1) is 0 Å². The zero-order valence-corrected chi connectivity index (χ0v) is 19.4. The number of aromatic nitrogens is 1. The predicted octanol–water partition coefficient (Wildman–Crippen LogP) is 5.42. The zero-order valence-electron chi connectivity index (χ0n) is 19.4. The van der Waals surface area contributed by atoms with Crippen molar-refractivity contribution in [2.75, 3.05) is 31.6 Å². The largest absolute Gasteiger partial charge is 0.490 e. The quantitative estimate of drug-likeness (QED) is 0.209. The summed E-state index contributed by atoms with van der Waals surface area (Å²) in [5, 5.41) is 20.5. The van der Waals surface area contributed by atoms with E-state index in [0.29, 0.717) is 13.1 Å². The molecule has 1 atom stereocenters. The van der Waals surface area contributed by atoms with Crippen LogP contribution in [0.4, 0.5) is 5.69 Å². The Morgan fingerprint density at radius 3 is 2.62 bits per heavy atom.